The van der Waals surface area contributed by atoms with Crippen LogP contribution in [0.1, 0.15) is 26.2 Å². The van der Waals surface area contributed by atoms with Crippen LogP contribution in [0.2, 0.25) is 0 Å². The molecule has 1 saturated carbocycles. The minimum absolute atomic E-state index is 0.551. The molecule has 0 radical (unpaired) electrons. The van der Waals surface area contributed by atoms with Crippen LogP contribution in [0.25, 0.3) is 0 Å². The van der Waals surface area contributed by atoms with Gasteiger partial charge < -0.3 is 11.1 Å². The average Bonchev–Trinajstić information content (AvgIpc) is 2.81. The van der Waals surface area contributed by atoms with E-state index in [2.05, 4.69) is 17.2 Å². The van der Waals surface area contributed by atoms with Gasteiger partial charge in [-0.15, -0.1) is 0 Å². The molecule has 3 N–H and O–H groups in total. The molecule has 3 nitrogen and oxygen atoms in total. The third kappa shape index (κ3) is 2.10. The highest BCUT2D eigenvalue weighted by atomic mass is 15.1. The van der Waals surface area contributed by atoms with E-state index in [1.807, 2.05) is 0 Å². The molecule has 3 heteroatoms. The maximum absolute atomic E-state index is 5.50. The zero-order valence-electron chi connectivity index (χ0n) is 7.35. The van der Waals surface area contributed by atoms with Crippen LogP contribution in [0.15, 0.2) is 4.99 Å². The number of nitrogens with zero attached hydrogens (tertiary/aromatic N) is 1. The Morgan fingerprint density at radius 3 is 2.64 bits per heavy atom. The minimum Gasteiger partial charge on any atom is -0.370 e. The van der Waals surface area contributed by atoms with Crippen LogP contribution in [-0.4, -0.2) is 19.6 Å². The first kappa shape index (κ1) is 8.37. The van der Waals surface area contributed by atoms with Crippen molar-refractivity contribution in [3.05, 3.63) is 0 Å². The lowest BCUT2D eigenvalue weighted by molar-refractivity contribution is 0.481. The normalized spacial score (nSPS) is 21.5. The van der Waals surface area contributed by atoms with Gasteiger partial charge in [-0.3, -0.25) is 4.99 Å². The van der Waals surface area contributed by atoms with Crippen molar-refractivity contribution in [2.24, 2.45) is 16.1 Å². The van der Waals surface area contributed by atoms with Crippen molar-refractivity contribution in [1.29, 1.82) is 0 Å². The van der Waals surface area contributed by atoms with Gasteiger partial charge in [0.05, 0.1) is 0 Å². The van der Waals surface area contributed by atoms with E-state index >= 15 is 0 Å². The molecule has 0 amide bonds. The zero-order valence-corrected chi connectivity index (χ0v) is 7.35. The van der Waals surface area contributed by atoms with Gasteiger partial charge in [-0.05, 0) is 24.7 Å². The average molecular weight is 155 g/mol. The molecular weight excluding hydrogens is 138 g/mol. The molecule has 0 heterocycles. The van der Waals surface area contributed by atoms with Crippen molar-refractivity contribution >= 4 is 5.96 Å². The van der Waals surface area contributed by atoms with Gasteiger partial charge in [0.25, 0.3) is 0 Å². The third-order valence-electron chi connectivity index (χ3n) is 2.59. The van der Waals surface area contributed by atoms with Gasteiger partial charge >= 0.3 is 0 Å². The zero-order chi connectivity index (χ0) is 8.32. The van der Waals surface area contributed by atoms with Crippen molar-refractivity contribution in [3.8, 4) is 0 Å². The van der Waals surface area contributed by atoms with Gasteiger partial charge in [0, 0.05) is 13.6 Å². The van der Waals surface area contributed by atoms with E-state index in [1.54, 1.807) is 7.05 Å². The quantitative estimate of drug-likeness (QED) is 0.466. The molecule has 1 aliphatic rings. The van der Waals surface area contributed by atoms with Crippen LogP contribution >= 0.6 is 0 Å². The fraction of sp³-hybridized carbons (Fsp3) is 0.875. The molecule has 0 saturated heterocycles. The summed E-state index contributed by atoms with van der Waals surface area (Å²) in [4.78, 5) is 3.84. The summed E-state index contributed by atoms with van der Waals surface area (Å²) in [5, 5.41) is 3.11. The lowest BCUT2D eigenvalue weighted by Gasteiger charge is -2.12. The van der Waals surface area contributed by atoms with Crippen LogP contribution < -0.4 is 11.1 Å². The predicted molar refractivity (Wildman–Crippen MR) is 47.5 cm³/mol. The summed E-state index contributed by atoms with van der Waals surface area (Å²) in [7, 11) is 1.70. The molecule has 0 bridgehead atoms. The molecule has 0 aromatic rings. The Bertz CT molecular complexity index is 159. The van der Waals surface area contributed by atoms with Gasteiger partial charge in [0.2, 0.25) is 0 Å². The third-order valence-corrected chi connectivity index (χ3v) is 2.59. The van der Waals surface area contributed by atoms with E-state index in [0.29, 0.717) is 11.4 Å². The van der Waals surface area contributed by atoms with E-state index in [0.717, 1.165) is 6.54 Å². The second kappa shape index (κ2) is 3.11. The Morgan fingerprint density at radius 1 is 1.64 bits per heavy atom. The van der Waals surface area contributed by atoms with Crippen LogP contribution in [0.4, 0.5) is 0 Å². The highest BCUT2D eigenvalue weighted by molar-refractivity contribution is 5.77. The molecule has 1 fully saturated rings. The summed E-state index contributed by atoms with van der Waals surface area (Å²) in [5.74, 6) is 0.560. The smallest absolute Gasteiger partial charge is 0.188 e. The van der Waals surface area contributed by atoms with Crippen molar-refractivity contribution in [3.63, 3.8) is 0 Å². The summed E-state index contributed by atoms with van der Waals surface area (Å²) in [6.07, 6.45) is 3.93. The standard InChI is InChI=1S/C8H17N3/c1-3-8(4-5-8)6-11-7(9)10-2/h3-6H2,1-2H3,(H3,9,10,11). The first-order valence-electron chi connectivity index (χ1n) is 4.18. The Labute approximate surface area is 68.1 Å². The molecule has 1 rings (SSSR count). The number of nitrogens with two attached hydrogens (primary N) is 1. The predicted octanol–water partition coefficient (Wildman–Crippen LogP) is 0.711. The monoisotopic (exact) mass is 155 g/mol. The van der Waals surface area contributed by atoms with Gasteiger partial charge in [0.15, 0.2) is 5.96 Å². The molecule has 1 aliphatic carbocycles. The molecule has 0 unspecified atom stereocenters. The SMILES string of the molecule is CCC1(CNC(N)=NC)CC1. The Balaban J connectivity index is 2.22. The van der Waals surface area contributed by atoms with Crippen molar-refractivity contribution in [2.75, 3.05) is 13.6 Å². The van der Waals surface area contributed by atoms with Crippen molar-refractivity contribution in [1.82, 2.24) is 5.32 Å². The lowest BCUT2D eigenvalue weighted by atomic mass is 10.0. The van der Waals surface area contributed by atoms with E-state index in [9.17, 15) is 0 Å². The molecule has 0 aliphatic heterocycles. The molecule has 0 aromatic heterocycles. The first-order valence-corrected chi connectivity index (χ1v) is 4.18. The summed E-state index contributed by atoms with van der Waals surface area (Å²) >= 11 is 0. The molecule has 11 heavy (non-hydrogen) atoms. The number of nitrogens with one attached hydrogen (secondary N) is 1. The van der Waals surface area contributed by atoms with E-state index < -0.39 is 0 Å². The largest absolute Gasteiger partial charge is 0.370 e. The van der Waals surface area contributed by atoms with Crippen LogP contribution in [-0.2, 0) is 0 Å². The second-order valence-corrected chi connectivity index (χ2v) is 3.32. The molecule has 0 atom stereocenters. The maximum atomic E-state index is 5.50. The van der Waals surface area contributed by atoms with Gasteiger partial charge in [0.1, 0.15) is 0 Å². The van der Waals surface area contributed by atoms with Crippen molar-refractivity contribution in [2.45, 2.75) is 26.2 Å². The highest BCUT2D eigenvalue weighted by Gasteiger charge is 2.40. The van der Waals surface area contributed by atoms with Crippen LogP contribution in [0.5, 0.6) is 0 Å². The number of hydrogen-bond acceptors (Lipinski definition) is 1. The number of guanidine groups is 1. The van der Waals surface area contributed by atoms with Crippen LogP contribution in [0.3, 0.4) is 0 Å². The van der Waals surface area contributed by atoms with Crippen LogP contribution in [0, 0.1) is 5.41 Å². The van der Waals surface area contributed by atoms with E-state index in [-0.39, 0.29) is 0 Å². The molecule has 64 valence electrons. The Kier molecular flexibility index (Phi) is 2.37. The second-order valence-electron chi connectivity index (χ2n) is 3.32. The Hall–Kier alpha value is -0.730. The number of hydrogen-bond donors (Lipinski definition) is 2. The van der Waals surface area contributed by atoms with Gasteiger partial charge in [-0.2, -0.15) is 0 Å². The Morgan fingerprint density at radius 2 is 2.27 bits per heavy atom. The summed E-state index contributed by atoms with van der Waals surface area (Å²) in [5.41, 5.74) is 6.05. The minimum atomic E-state index is 0.551. The topological polar surface area (TPSA) is 50.4 Å². The molecular formula is C8H17N3. The van der Waals surface area contributed by atoms with Crippen molar-refractivity contribution < 1.29 is 0 Å². The number of aliphatic imine (C=N–C) groups is 1. The maximum Gasteiger partial charge on any atom is 0.188 e. The van der Waals surface area contributed by atoms with E-state index in [1.165, 1.54) is 19.3 Å². The fourth-order valence-electron chi connectivity index (χ4n) is 1.19. The summed E-state index contributed by atoms with van der Waals surface area (Å²) < 4.78 is 0. The first-order chi connectivity index (χ1) is 5.22. The molecule has 0 aromatic carbocycles. The highest BCUT2D eigenvalue weighted by Crippen LogP contribution is 2.47. The van der Waals surface area contributed by atoms with Gasteiger partial charge in [-0.25, -0.2) is 0 Å². The summed E-state index contributed by atoms with van der Waals surface area (Å²) in [6, 6.07) is 0. The van der Waals surface area contributed by atoms with E-state index in [4.69, 9.17) is 5.73 Å². The molecule has 0 spiro atoms. The lowest BCUT2D eigenvalue weighted by Crippen LogP contribution is -2.35. The number of rotatable bonds is 3. The summed E-state index contributed by atoms with van der Waals surface area (Å²) in [6.45, 7) is 3.22. The fourth-order valence-corrected chi connectivity index (χ4v) is 1.19. The van der Waals surface area contributed by atoms with Gasteiger partial charge in [-0.1, -0.05) is 6.92 Å².